The third kappa shape index (κ3) is 5.23. The van der Waals surface area contributed by atoms with Crippen molar-refractivity contribution in [1.82, 2.24) is 5.32 Å². The number of benzene rings is 1. The Kier molecular flexibility index (Phi) is 6.48. The number of Topliss-reactive ketones (excluding diaryl/α,β-unsaturated/α-hetero) is 1. The summed E-state index contributed by atoms with van der Waals surface area (Å²) in [6.07, 6.45) is 1.36. The molecule has 4 N–H and O–H groups in total. The fourth-order valence-electron chi connectivity index (χ4n) is 2.69. The van der Waals surface area contributed by atoms with Crippen LogP contribution in [0.1, 0.15) is 28.1 Å². The van der Waals surface area contributed by atoms with E-state index in [1.165, 1.54) is 29.5 Å². The van der Waals surface area contributed by atoms with Crippen molar-refractivity contribution in [3.05, 3.63) is 51.9 Å². The monoisotopic (exact) mass is 430 g/mol. The van der Waals surface area contributed by atoms with Crippen LogP contribution in [0.2, 0.25) is 0 Å². The van der Waals surface area contributed by atoms with E-state index in [0.29, 0.717) is 11.3 Å². The summed E-state index contributed by atoms with van der Waals surface area (Å²) >= 11 is 1.47. The van der Waals surface area contributed by atoms with Crippen LogP contribution in [0.5, 0.6) is 11.5 Å². The third-order valence-electron chi connectivity index (χ3n) is 4.14. The molecule has 1 aliphatic rings. The number of carboxylic acid groups (broad SMARTS) is 1. The van der Waals surface area contributed by atoms with Crippen LogP contribution in [0.4, 0.5) is 0 Å². The van der Waals surface area contributed by atoms with Crippen LogP contribution in [0.3, 0.4) is 0 Å². The number of carboxylic acids is 1. The first-order valence-electron chi connectivity index (χ1n) is 8.88. The molecule has 2 amide bonds. The molecule has 0 bridgehead atoms. The lowest BCUT2D eigenvalue weighted by atomic mass is 10.1. The van der Waals surface area contributed by atoms with Gasteiger partial charge in [0, 0.05) is 23.4 Å². The van der Waals surface area contributed by atoms with Gasteiger partial charge in [-0.1, -0.05) is 6.07 Å². The van der Waals surface area contributed by atoms with Gasteiger partial charge in [-0.3, -0.25) is 14.4 Å². The quantitative estimate of drug-likeness (QED) is 0.512. The number of nitrogens with one attached hydrogen (secondary N) is 1. The van der Waals surface area contributed by atoms with E-state index < -0.39 is 30.4 Å². The Morgan fingerprint density at radius 1 is 1.30 bits per heavy atom. The Labute approximate surface area is 175 Å². The predicted molar refractivity (Wildman–Crippen MR) is 107 cm³/mol. The highest BCUT2D eigenvalue weighted by atomic mass is 32.1. The zero-order valence-electron chi connectivity index (χ0n) is 15.6. The van der Waals surface area contributed by atoms with Gasteiger partial charge in [0.2, 0.25) is 11.7 Å². The summed E-state index contributed by atoms with van der Waals surface area (Å²) in [7, 11) is 0. The molecule has 1 aromatic heterocycles. The summed E-state index contributed by atoms with van der Waals surface area (Å²) in [6.45, 7) is -0.453. The minimum Gasteiger partial charge on any atom is -0.484 e. The van der Waals surface area contributed by atoms with E-state index in [1.54, 1.807) is 6.08 Å². The van der Waals surface area contributed by atoms with Gasteiger partial charge in [0.05, 0.1) is 5.56 Å². The van der Waals surface area contributed by atoms with Gasteiger partial charge >= 0.3 is 5.97 Å². The Hall–Kier alpha value is -3.66. The number of primary amides is 1. The van der Waals surface area contributed by atoms with Gasteiger partial charge < -0.3 is 25.6 Å². The van der Waals surface area contributed by atoms with Gasteiger partial charge in [-0.15, -0.1) is 11.3 Å². The molecular weight excluding hydrogens is 412 g/mol. The van der Waals surface area contributed by atoms with Gasteiger partial charge in [-0.05, 0) is 30.0 Å². The molecule has 0 spiro atoms. The van der Waals surface area contributed by atoms with E-state index in [2.05, 4.69) is 5.32 Å². The molecule has 2 aromatic rings. The van der Waals surface area contributed by atoms with E-state index in [9.17, 15) is 19.2 Å². The fourth-order valence-corrected chi connectivity index (χ4v) is 3.33. The topological polar surface area (TPSA) is 145 Å². The van der Waals surface area contributed by atoms with Gasteiger partial charge in [0.1, 0.15) is 17.5 Å². The van der Waals surface area contributed by atoms with E-state index in [0.717, 1.165) is 4.88 Å². The average molecular weight is 430 g/mol. The number of carbonyl (C=O) groups excluding carboxylic acids is 3. The summed E-state index contributed by atoms with van der Waals surface area (Å²) < 4.78 is 11.0. The number of rotatable bonds is 9. The molecule has 0 unspecified atom stereocenters. The third-order valence-corrected chi connectivity index (χ3v) is 4.96. The van der Waals surface area contributed by atoms with Gasteiger partial charge in [-0.2, -0.15) is 0 Å². The van der Waals surface area contributed by atoms with Crippen LogP contribution in [0.25, 0.3) is 6.08 Å². The minimum absolute atomic E-state index is 0.120. The Bertz CT molecular complexity index is 1010. The number of amides is 2. The van der Waals surface area contributed by atoms with Gasteiger partial charge in [0.15, 0.2) is 12.4 Å². The number of hydrogen-bond acceptors (Lipinski definition) is 7. The van der Waals surface area contributed by atoms with Crippen LogP contribution in [-0.2, 0) is 14.4 Å². The average Bonchev–Trinajstić information content (AvgIpc) is 3.31. The van der Waals surface area contributed by atoms with Gasteiger partial charge in [-0.25, -0.2) is 4.79 Å². The molecule has 1 atom stereocenters. The lowest BCUT2D eigenvalue weighted by Crippen LogP contribution is -2.43. The van der Waals surface area contributed by atoms with Crippen molar-refractivity contribution < 1.29 is 33.8 Å². The maximum Gasteiger partial charge on any atom is 0.326 e. The minimum atomic E-state index is -1.28. The first-order valence-corrected chi connectivity index (χ1v) is 9.76. The van der Waals surface area contributed by atoms with Crippen molar-refractivity contribution >= 4 is 41.0 Å². The van der Waals surface area contributed by atoms with Gasteiger partial charge in [0.25, 0.3) is 5.91 Å². The van der Waals surface area contributed by atoms with E-state index >= 15 is 0 Å². The maximum absolute atomic E-state index is 12.4. The molecule has 10 heteroatoms. The standard InChI is InChI=1S/C20H18N2O7S/c21-17(23)6-5-14(20(26)27)22-18(24)10-28-11-3-4-13-15(8-11)29-16(19(13)25)9-12-2-1-7-30-12/h1-4,7-9,14H,5-6,10H2,(H2,21,23)(H,22,24)(H,26,27)/b16-9-/t14-/m1/s1. The molecule has 2 heterocycles. The first kappa shape index (κ1) is 21.1. The summed E-state index contributed by atoms with van der Waals surface area (Å²) in [5.41, 5.74) is 5.38. The number of hydrogen-bond donors (Lipinski definition) is 3. The molecule has 156 valence electrons. The maximum atomic E-state index is 12.4. The van der Waals surface area contributed by atoms with E-state index in [4.69, 9.17) is 20.3 Å². The van der Waals surface area contributed by atoms with Crippen LogP contribution in [0, 0.1) is 0 Å². The van der Waals surface area contributed by atoms with Crippen molar-refractivity contribution in [1.29, 1.82) is 0 Å². The zero-order chi connectivity index (χ0) is 21.7. The summed E-state index contributed by atoms with van der Waals surface area (Å²) in [5, 5.41) is 13.3. The largest absolute Gasteiger partial charge is 0.484 e. The SMILES string of the molecule is NC(=O)CC[C@@H](NC(=O)COc1ccc2c(c1)O/C(=C\c1cccs1)C2=O)C(=O)O. The Balaban J connectivity index is 1.59. The number of aliphatic carboxylic acids is 1. The number of thiophene rings is 1. The second kappa shape index (κ2) is 9.23. The molecular formula is C20H18N2O7S. The highest BCUT2D eigenvalue weighted by molar-refractivity contribution is 7.10. The molecule has 0 saturated carbocycles. The molecule has 0 radical (unpaired) electrons. The number of ketones is 1. The van der Waals surface area contributed by atoms with Crippen LogP contribution < -0.4 is 20.5 Å². The molecule has 0 fully saturated rings. The van der Waals surface area contributed by atoms with Crippen LogP contribution >= 0.6 is 11.3 Å². The Morgan fingerprint density at radius 2 is 2.10 bits per heavy atom. The number of allylic oxidation sites excluding steroid dienone is 1. The lowest BCUT2D eigenvalue weighted by molar-refractivity contribution is -0.142. The number of fused-ring (bicyclic) bond motifs is 1. The number of nitrogens with two attached hydrogens (primary N) is 1. The van der Waals surface area contributed by atoms with Crippen molar-refractivity contribution in [3.8, 4) is 11.5 Å². The van der Waals surface area contributed by atoms with Crippen molar-refractivity contribution in [2.45, 2.75) is 18.9 Å². The molecule has 0 saturated heterocycles. The summed E-state index contributed by atoms with van der Waals surface area (Å²) in [6, 6.07) is 7.01. The molecule has 30 heavy (non-hydrogen) atoms. The highest BCUT2D eigenvalue weighted by Gasteiger charge is 2.28. The number of carbonyl (C=O) groups is 4. The number of ether oxygens (including phenoxy) is 2. The van der Waals surface area contributed by atoms with Crippen molar-refractivity contribution in [3.63, 3.8) is 0 Å². The molecule has 3 rings (SSSR count). The molecule has 0 aliphatic carbocycles. The second-order valence-corrected chi connectivity index (χ2v) is 7.34. The lowest BCUT2D eigenvalue weighted by Gasteiger charge is -2.14. The molecule has 1 aliphatic heterocycles. The predicted octanol–water partition coefficient (Wildman–Crippen LogP) is 1.58. The van der Waals surface area contributed by atoms with Crippen molar-refractivity contribution in [2.24, 2.45) is 5.73 Å². The smallest absolute Gasteiger partial charge is 0.326 e. The fraction of sp³-hybridized carbons (Fsp3) is 0.200. The highest BCUT2D eigenvalue weighted by Crippen LogP contribution is 2.35. The second-order valence-electron chi connectivity index (χ2n) is 6.37. The first-order chi connectivity index (χ1) is 14.3. The van der Waals surface area contributed by atoms with Crippen molar-refractivity contribution in [2.75, 3.05) is 6.61 Å². The van der Waals surface area contributed by atoms with Crippen LogP contribution in [-0.4, -0.2) is 41.3 Å². The Morgan fingerprint density at radius 3 is 2.77 bits per heavy atom. The van der Waals surface area contributed by atoms with E-state index in [1.807, 2.05) is 17.5 Å². The van der Waals surface area contributed by atoms with Crippen LogP contribution in [0.15, 0.2) is 41.5 Å². The summed E-state index contributed by atoms with van der Waals surface area (Å²) in [5.74, 6) is -2.08. The molecule has 1 aromatic carbocycles. The normalized spacial score (nSPS) is 14.7. The summed E-state index contributed by atoms with van der Waals surface area (Å²) in [4.78, 5) is 47.2. The molecule has 9 nitrogen and oxygen atoms in total. The zero-order valence-corrected chi connectivity index (χ0v) is 16.4. The van der Waals surface area contributed by atoms with E-state index in [-0.39, 0.29) is 30.1 Å².